The zero-order chi connectivity index (χ0) is 68.5. The molecule has 1 aromatic heterocycles. The Labute approximate surface area is 558 Å². The van der Waals surface area contributed by atoms with E-state index in [9.17, 15) is 19.2 Å². The number of rotatable bonds is 22. The zero-order valence-corrected chi connectivity index (χ0v) is 61.0. The molecule has 2 saturated carbocycles. The number of carbonyl (C=O) groups excluding carboxylic acids is 6. The molecular formula is C74H110N6O10S2. The molecule has 16 nitrogen and oxygen atoms in total. The second-order valence-electron chi connectivity index (χ2n) is 31.1. The summed E-state index contributed by atoms with van der Waals surface area (Å²) in [5.41, 5.74) is 5.05. The summed E-state index contributed by atoms with van der Waals surface area (Å²) >= 11 is 2.73. The molecule has 4 amide bonds. The quantitative estimate of drug-likeness (QED) is 0.0361. The van der Waals surface area contributed by atoms with Gasteiger partial charge in [-0.3, -0.25) is 19.7 Å². The summed E-state index contributed by atoms with van der Waals surface area (Å²) in [5.74, 6) is -0.435. The Morgan fingerprint density at radius 1 is 0.598 bits per heavy atom. The molecule has 0 bridgehead atoms. The lowest BCUT2D eigenvalue weighted by Crippen LogP contribution is -2.50. The third-order valence-corrected chi connectivity index (χ3v) is 20.8. The van der Waals surface area contributed by atoms with E-state index in [-0.39, 0.29) is 104 Å². The first kappa shape index (κ1) is 75.2. The minimum atomic E-state index is -0.685. The minimum Gasteiger partial charge on any atom is -0.458 e. The predicted octanol–water partition coefficient (Wildman–Crippen LogP) is 16.5. The third-order valence-electron chi connectivity index (χ3n) is 18.5. The number of methoxy groups -OCH3 is 1. The van der Waals surface area contributed by atoms with Crippen LogP contribution < -0.4 is 21.3 Å². The highest BCUT2D eigenvalue weighted by molar-refractivity contribution is 8.00. The van der Waals surface area contributed by atoms with Crippen LogP contribution in [0.5, 0.6) is 0 Å². The molecule has 2 heterocycles. The molecule has 6 rings (SSSR count). The maximum absolute atomic E-state index is 15.6. The highest BCUT2D eigenvalue weighted by Gasteiger charge is 2.51. The fourth-order valence-corrected chi connectivity index (χ4v) is 15.1. The van der Waals surface area contributed by atoms with Crippen LogP contribution in [-0.4, -0.2) is 101 Å². The molecule has 0 spiro atoms. The van der Waals surface area contributed by atoms with E-state index in [0.717, 1.165) is 42.5 Å². The van der Waals surface area contributed by atoms with Crippen molar-refractivity contribution in [1.82, 2.24) is 10.3 Å². The molecule has 92 heavy (non-hydrogen) atoms. The number of H-pyrrole nitrogens is 1. The number of thioether (sulfide) groups is 2. The van der Waals surface area contributed by atoms with Crippen molar-refractivity contribution in [1.29, 1.82) is 0 Å². The van der Waals surface area contributed by atoms with Gasteiger partial charge in [0, 0.05) is 66.3 Å². The molecular weight excluding hydrogens is 1200 g/mol. The molecule has 508 valence electrons. The van der Waals surface area contributed by atoms with Crippen LogP contribution >= 0.6 is 23.5 Å². The number of aromatic nitrogens is 1. The van der Waals surface area contributed by atoms with Crippen LogP contribution in [0.4, 0.5) is 22.0 Å². The number of amidine groups is 1. The number of ether oxygens (including phenoxy) is 4. The normalized spacial score (nSPS) is 22.6. The summed E-state index contributed by atoms with van der Waals surface area (Å²) in [6.45, 7) is 44.6. The van der Waals surface area contributed by atoms with E-state index >= 15 is 9.59 Å². The number of aromatic amines is 1. The van der Waals surface area contributed by atoms with Gasteiger partial charge in [-0.2, -0.15) is 0 Å². The Kier molecular flexibility index (Phi) is 25.8. The average molecular weight is 1310 g/mol. The number of benzene rings is 2. The van der Waals surface area contributed by atoms with Crippen molar-refractivity contribution < 1.29 is 47.7 Å². The standard InChI is InChI=1S/C74H110N6O10S2/c1-41(2)58-56(77-64(79-66(82)45(7)91-33-31-87-22)60(58)68(84)89-62-52(71(10,11)12)35-43(5)36-53(62)72(13,14)15)40-57-59(42(3)4)61(69(85)90-63-54(73(16,17)18)37-44(6)38-55(63)74(19,20)21)65(78-57)80-67(83)46(8)92-34-32-88-70(86)76-51-29-25-49(26-30-51)39-48-23-27-50(28-24-48)75-47(9)81/h23-30,40-46,52-55,62-63,77H,31-39H2,1-22H3,(H,75,81)(H,76,86)(H,79,82)(H,78,80,83). The largest absolute Gasteiger partial charge is 0.458 e. The number of hydrogen-bond donors (Lipinski definition) is 5. The van der Waals surface area contributed by atoms with Crippen LogP contribution in [0.1, 0.15) is 210 Å². The van der Waals surface area contributed by atoms with Crippen LogP contribution in [0.2, 0.25) is 0 Å². The van der Waals surface area contributed by atoms with E-state index in [1.807, 2.05) is 89.2 Å². The Bertz CT molecular complexity index is 3120. The fraction of sp³-hybridized carbons (Fsp3) is 0.635. The SMILES string of the molecule is COCCSC(C)C(=O)Nc1[nH]c(C=C2N=C(NC(=O)C(C)SCCOC(=O)Nc3ccc(Cc4ccc(NC(C)=O)cc4)cc3)C(C(=O)OC3C(C(C)(C)C)CC(C)CC3C(C)(C)C)=C2C(C)C)c(C(C)C)c1C(=O)OC1C(C(C)(C)C)CC(C)CC1C(C)(C)C. The maximum atomic E-state index is 15.6. The Hall–Kier alpha value is -5.85. The van der Waals surface area contributed by atoms with E-state index in [1.165, 1.54) is 30.4 Å². The van der Waals surface area contributed by atoms with Crippen molar-refractivity contribution in [2.75, 3.05) is 47.8 Å². The molecule has 0 saturated heterocycles. The second kappa shape index (κ2) is 31.6. The van der Waals surface area contributed by atoms with Gasteiger partial charge >= 0.3 is 18.0 Å². The number of nitrogens with zero attached hydrogens (tertiary/aromatic N) is 1. The number of aliphatic imine (C=N–C) groups is 1. The van der Waals surface area contributed by atoms with Gasteiger partial charge in [0.05, 0.1) is 22.8 Å². The lowest BCUT2D eigenvalue weighted by molar-refractivity contribution is -0.164. The van der Waals surface area contributed by atoms with E-state index in [2.05, 4.69) is 123 Å². The van der Waals surface area contributed by atoms with Crippen LogP contribution in [0.3, 0.4) is 0 Å². The molecule has 1 aliphatic heterocycles. The van der Waals surface area contributed by atoms with Crippen molar-refractivity contribution in [2.24, 2.45) is 68.1 Å². The summed E-state index contributed by atoms with van der Waals surface area (Å²) in [6.07, 6.45) is 4.56. The molecule has 6 unspecified atom stereocenters. The third kappa shape index (κ3) is 20.1. The first-order chi connectivity index (χ1) is 42.8. The van der Waals surface area contributed by atoms with Gasteiger partial charge in [0.1, 0.15) is 41.6 Å². The monoisotopic (exact) mass is 1310 g/mol. The number of esters is 2. The zero-order valence-electron chi connectivity index (χ0n) is 59.3. The van der Waals surface area contributed by atoms with Gasteiger partial charge in [-0.25, -0.2) is 19.4 Å². The number of allylic oxidation sites excluding steroid dienone is 1. The Balaban J connectivity index is 1.36. The van der Waals surface area contributed by atoms with Crippen LogP contribution in [0, 0.1) is 63.1 Å². The van der Waals surface area contributed by atoms with Gasteiger partial charge in [0.15, 0.2) is 0 Å². The lowest BCUT2D eigenvalue weighted by Gasteiger charge is -2.50. The number of carbonyl (C=O) groups is 6. The number of hydrogen-bond acceptors (Lipinski definition) is 13. The van der Waals surface area contributed by atoms with Crippen LogP contribution in [0.25, 0.3) is 6.08 Å². The Morgan fingerprint density at radius 3 is 1.46 bits per heavy atom. The van der Waals surface area contributed by atoms with Crippen molar-refractivity contribution in [3.63, 3.8) is 0 Å². The van der Waals surface area contributed by atoms with Gasteiger partial charge in [-0.1, -0.05) is 149 Å². The molecule has 0 radical (unpaired) electrons. The average Bonchev–Trinajstić information content (AvgIpc) is 1.44. The maximum Gasteiger partial charge on any atom is 0.411 e. The van der Waals surface area contributed by atoms with E-state index in [4.69, 9.17) is 23.9 Å². The van der Waals surface area contributed by atoms with Gasteiger partial charge in [-0.05, 0) is 144 Å². The summed E-state index contributed by atoms with van der Waals surface area (Å²) in [4.78, 5) is 93.1. The second-order valence-corrected chi connectivity index (χ2v) is 34.0. The van der Waals surface area contributed by atoms with E-state index < -0.39 is 46.6 Å². The number of nitrogens with one attached hydrogen (secondary N) is 5. The molecule has 2 fully saturated rings. The molecule has 2 aliphatic carbocycles. The minimum absolute atomic E-state index is 0.0134. The lowest BCUT2D eigenvalue weighted by atomic mass is 9.59. The smallest absolute Gasteiger partial charge is 0.411 e. The first-order valence-corrected chi connectivity index (χ1v) is 35.3. The topological polar surface area (TPSA) is 216 Å². The van der Waals surface area contributed by atoms with Crippen LogP contribution in [-0.2, 0) is 44.5 Å². The van der Waals surface area contributed by atoms with Crippen molar-refractivity contribution in [2.45, 2.75) is 206 Å². The molecule has 5 N–H and O–H groups in total. The summed E-state index contributed by atoms with van der Waals surface area (Å²) < 4.78 is 24.8. The molecule has 18 heteroatoms. The number of amides is 4. The molecule has 3 aliphatic rings. The molecule has 6 atom stereocenters. The van der Waals surface area contributed by atoms with E-state index in [1.54, 1.807) is 14.0 Å². The predicted molar refractivity (Wildman–Crippen MR) is 377 cm³/mol. The van der Waals surface area contributed by atoms with Crippen molar-refractivity contribution in [3.05, 3.63) is 93.3 Å². The van der Waals surface area contributed by atoms with Gasteiger partial charge < -0.3 is 39.9 Å². The highest BCUT2D eigenvalue weighted by Crippen LogP contribution is 2.52. The van der Waals surface area contributed by atoms with Crippen molar-refractivity contribution >= 4 is 88.4 Å². The Morgan fingerprint density at radius 2 is 1.03 bits per heavy atom. The summed E-state index contributed by atoms with van der Waals surface area (Å²) in [7, 11) is 1.62. The number of anilines is 3. The van der Waals surface area contributed by atoms with Crippen LogP contribution in [0.15, 0.2) is 70.4 Å². The van der Waals surface area contributed by atoms with E-state index in [0.29, 0.717) is 58.8 Å². The van der Waals surface area contributed by atoms with Gasteiger partial charge in [0.25, 0.3) is 0 Å². The first-order valence-electron chi connectivity index (χ1n) is 33.2. The van der Waals surface area contributed by atoms with Gasteiger partial charge in [-0.15, -0.1) is 23.5 Å². The summed E-state index contributed by atoms with van der Waals surface area (Å²) in [5, 5.41) is 10.6. The van der Waals surface area contributed by atoms with Gasteiger partial charge in [0.2, 0.25) is 17.7 Å². The molecule has 2 aromatic carbocycles. The summed E-state index contributed by atoms with van der Waals surface area (Å²) in [6, 6.07) is 15.1. The van der Waals surface area contributed by atoms with Crippen molar-refractivity contribution in [3.8, 4) is 0 Å². The fourth-order valence-electron chi connectivity index (χ4n) is 13.5. The molecule has 3 aromatic rings. The highest BCUT2D eigenvalue weighted by atomic mass is 32.2.